The van der Waals surface area contributed by atoms with Crippen molar-refractivity contribution in [3.8, 4) is 0 Å². The van der Waals surface area contributed by atoms with Crippen LogP contribution >= 0.6 is 22.6 Å². The zero-order valence-electron chi connectivity index (χ0n) is 11.3. The first kappa shape index (κ1) is 12.4. The lowest BCUT2D eigenvalue weighted by Gasteiger charge is -2.65. The van der Waals surface area contributed by atoms with Crippen LogP contribution in [0.15, 0.2) is 0 Å². The van der Waals surface area contributed by atoms with E-state index in [-0.39, 0.29) is 5.60 Å². The van der Waals surface area contributed by atoms with Gasteiger partial charge >= 0.3 is 0 Å². The van der Waals surface area contributed by atoms with Gasteiger partial charge in [-0.15, -0.1) is 0 Å². The Labute approximate surface area is 124 Å². The van der Waals surface area contributed by atoms with Gasteiger partial charge in [0, 0.05) is 3.42 Å². The summed E-state index contributed by atoms with van der Waals surface area (Å²) in [7, 11) is 0. The molecule has 102 valence electrons. The summed E-state index contributed by atoms with van der Waals surface area (Å²) in [6.45, 7) is 0. The minimum Gasteiger partial charge on any atom is -0.390 e. The molecule has 0 aromatic carbocycles. The van der Waals surface area contributed by atoms with Gasteiger partial charge in [0.15, 0.2) is 0 Å². The van der Waals surface area contributed by atoms with E-state index in [1.807, 2.05) is 0 Å². The highest BCUT2D eigenvalue weighted by Crippen LogP contribution is 2.70. The van der Waals surface area contributed by atoms with E-state index < -0.39 is 0 Å². The molecule has 6 aliphatic rings. The Bertz CT molecular complexity index is 290. The van der Waals surface area contributed by atoms with E-state index >= 15 is 0 Å². The molecule has 0 aliphatic heterocycles. The van der Waals surface area contributed by atoms with Crippen LogP contribution in [0.1, 0.15) is 77.0 Å². The van der Waals surface area contributed by atoms with Crippen molar-refractivity contribution in [3.05, 3.63) is 0 Å². The molecule has 18 heavy (non-hydrogen) atoms. The van der Waals surface area contributed by atoms with Crippen molar-refractivity contribution in [2.75, 3.05) is 0 Å². The fourth-order valence-electron chi connectivity index (χ4n) is 5.90. The van der Waals surface area contributed by atoms with Crippen LogP contribution in [0.2, 0.25) is 0 Å². The van der Waals surface area contributed by atoms with Gasteiger partial charge in [0.25, 0.3) is 0 Å². The molecule has 6 fully saturated rings. The Morgan fingerprint density at radius 3 is 1.28 bits per heavy atom. The largest absolute Gasteiger partial charge is 0.390 e. The molecule has 0 radical (unpaired) electrons. The first-order chi connectivity index (χ1) is 8.49. The van der Waals surface area contributed by atoms with Crippen LogP contribution in [-0.2, 0) is 0 Å². The van der Waals surface area contributed by atoms with Crippen LogP contribution < -0.4 is 0 Å². The molecule has 1 nitrogen and oxygen atoms in total. The normalized spacial score (nSPS) is 59.0. The van der Waals surface area contributed by atoms with Crippen molar-refractivity contribution in [3.63, 3.8) is 0 Å². The number of alkyl halides is 1. The van der Waals surface area contributed by atoms with Gasteiger partial charge in [-0.3, -0.25) is 0 Å². The highest BCUT2D eigenvalue weighted by molar-refractivity contribution is 14.1. The van der Waals surface area contributed by atoms with Crippen molar-refractivity contribution in [1.29, 1.82) is 0 Å². The van der Waals surface area contributed by atoms with Gasteiger partial charge in [-0.05, 0) is 87.9 Å². The fraction of sp³-hybridized carbons (Fsp3) is 1.00. The lowest BCUT2D eigenvalue weighted by molar-refractivity contribution is -0.165. The van der Waals surface area contributed by atoms with Crippen molar-refractivity contribution in [1.82, 2.24) is 0 Å². The molecule has 6 aliphatic carbocycles. The Hall–Kier alpha value is 0.690. The number of aliphatic hydroxyl groups is 1. The second-order valence-electron chi connectivity index (χ2n) is 7.94. The second-order valence-corrected chi connectivity index (χ2v) is 10.2. The molecule has 6 rings (SSSR count). The van der Waals surface area contributed by atoms with Gasteiger partial charge in [0.2, 0.25) is 0 Å². The summed E-state index contributed by atoms with van der Waals surface area (Å²) in [5, 5.41) is 10.4. The topological polar surface area (TPSA) is 20.2 Å². The van der Waals surface area contributed by atoms with E-state index in [1.165, 1.54) is 57.8 Å². The molecule has 6 saturated carbocycles. The Balaban J connectivity index is 1.64. The molecule has 0 unspecified atom stereocenters. The monoisotopic (exact) mass is 360 g/mol. The van der Waals surface area contributed by atoms with Crippen LogP contribution in [0.3, 0.4) is 0 Å². The molecule has 0 aromatic heterocycles. The van der Waals surface area contributed by atoms with Crippen LogP contribution in [0, 0.1) is 10.8 Å². The quantitative estimate of drug-likeness (QED) is 0.535. The Morgan fingerprint density at radius 2 is 0.889 bits per heavy atom. The van der Waals surface area contributed by atoms with E-state index in [0.717, 1.165) is 19.3 Å². The molecule has 0 aromatic rings. The van der Waals surface area contributed by atoms with Gasteiger partial charge in [0.05, 0.1) is 5.60 Å². The van der Waals surface area contributed by atoms with Crippen LogP contribution in [-0.4, -0.2) is 14.1 Å². The molecule has 2 heteroatoms. The van der Waals surface area contributed by atoms with Crippen molar-refractivity contribution in [2.45, 2.75) is 86.1 Å². The van der Waals surface area contributed by atoms with Crippen LogP contribution in [0.25, 0.3) is 0 Å². The molecular weight excluding hydrogens is 335 g/mol. The average molecular weight is 360 g/mol. The van der Waals surface area contributed by atoms with E-state index in [2.05, 4.69) is 22.6 Å². The smallest absolute Gasteiger partial charge is 0.0648 e. The molecule has 0 saturated heterocycles. The third-order valence-electron chi connectivity index (χ3n) is 7.49. The first-order valence-electron chi connectivity index (χ1n) is 7.91. The zero-order valence-corrected chi connectivity index (χ0v) is 13.5. The maximum absolute atomic E-state index is 10.4. The number of hydrogen-bond donors (Lipinski definition) is 1. The van der Waals surface area contributed by atoms with Crippen molar-refractivity contribution in [2.24, 2.45) is 10.8 Å². The van der Waals surface area contributed by atoms with Gasteiger partial charge in [-0.25, -0.2) is 0 Å². The highest BCUT2D eigenvalue weighted by Gasteiger charge is 2.61. The number of fused-ring (bicyclic) bond motifs is 6. The standard InChI is InChI=1S/C16H25IO/c17-15-7-1-13(2-8-15,3-9-15)14-4-10-16(18,11-5-14)12-6-14/h18H,1-12H2. The fourth-order valence-corrected chi connectivity index (χ4v) is 6.71. The summed E-state index contributed by atoms with van der Waals surface area (Å²) in [6.07, 6.45) is 16.2. The summed E-state index contributed by atoms with van der Waals surface area (Å²) in [4.78, 5) is 0. The van der Waals surface area contributed by atoms with Gasteiger partial charge in [-0.2, -0.15) is 0 Å². The molecule has 0 atom stereocenters. The number of rotatable bonds is 1. The minimum atomic E-state index is -0.255. The first-order valence-corrected chi connectivity index (χ1v) is 8.98. The van der Waals surface area contributed by atoms with E-state index in [4.69, 9.17) is 0 Å². The molecule has 1 N–H and O–H groups in total. The predicted molar refractivity (Wildman–Crippen MR) is 82.0 cm³/mol. The summed E-state index contributed by atoms with van der Waals surface area (Å²) in [6, 6.07) is 0. The van der Waals surface area contributed by atoms with Gasteiger partial charge in [0.1, 0.15) is 0 Å². The molecule has 0 spiro atoms. The number of halogens is 1. The minimum absolute atomic E-state index is 0.255. The van der Waals surface area contributed by atoms with Gasteiger partial charge in [-0.1, -0.05) is 22.6 Å². The summed E-state index contributed by atoms with van der Waals surface area (Å²) < 4.78 is 0.667. The molecule has 0 heterocycles. The maximum Gasteiger partial charge on any atom is 0.0648 e. The Morgan fingerprint density at radius 1 is 0.556 bits per heavy atom. The van der Waals surface area contributed by atoms with Gasteiger partial charge < -0.3 is 5.11 Å². The van der Waals surface area contributed by atoms with Crippen molar-refractivity contribution >= 4 is 22.6 Å². The SMILES string of the molecule is OC12CCC(C34CCC(I)(CC3)CC4)(CC1)CC2. The second kappa shape index (κ2) is 3.66. The summed E-state index contributed by atoms with van der Waals surface area (Å²) >= 11 is 2.76. The lowest BCUT2D eigenvalue weighted by atomic mass is 9.42. The maximum atomic E-state index is 10.4. The van der Waals surface area contributed by atoms with E-state index in [9.17, 15) is 5.11 Å². The zero-order chi connectivity index (χ0) is 12.5. The Kier molecular flexibility index (Phi) is 2.53. The predicted octanol–water partition coefficient (Wildman–Crippen LogP) is 4.60. The number of hydrogen-bond acceptors (Lipinski definition) is 1. The molecule has 0 amide bonds. The molecule has 4 bridgehead atoms. The summed E-state index contributed by atoms with van der Waals surface area (Å²) in [5.41, 5.74) is 1.06. The average Bonchev–Trinajstić information content (AvgIpc) is 2.41. The van der Waals surface area contributed by atoms with E-state index in [1.54, 1.807) is 0 Å². The van der Waals surface area contributed by atoms with Crippen molar-refractivity contribution < 1.29 is 5.11 Å². The lowest BCUT2D eigenvalue weighted by Crippen LogP contribution is -2.58. The molecular formula is C16H25IO. The highest BCUT2D eigenvalue weighted by atomic mass is 127. The summed E-state index contributed by atoms with van der Waals surface area (Å²) in [5.74, 6) is 0. The third kappa shape index (κ3) is 1.54. The van der Waals surface area contributed by atoms with E-state index in [0.29, 0.717) is 14.3 Å². The third-order valence-corrected chi connectivity index (χ3v) is 9.10. The van der Waals surface area contributed by atoms with Crippen LogP contribution in [0.5, 0.6) is 0 Å². The van der Waals surface area contributed by atoms with Crippen LogP contribution in [0.4, 0.5) is 0 Å².